The van der Waals surface area contributed by atoms with Crippen molar-refractivity contribution in [2.24, 2.45) is 10.9 Å². The number of nitrogens with one attached hydrogen (secondary N) is 1. The summed E-state index contributed by atoms with van der Waals surface area (Å²) in [5, 5.41) is 3.47. The molecule has 30 heavy (non-hydrogen) atoms. The van der Waals surface area contributed by atoms with E-state index in [1.165, 1.54) is 0 Å². The van der Waals surface area contributed by atoms with Gasteiger partial charge in [0.25, 0.3) is 0 Å². The lowest BCUT2D eigenvalue weighted by Crippen LogP contribution is -2.47. The van der Waals surface area contributed by atoms with E-state index in [9.17, 15) is 13.2 Å². The summed E-state index contributed by atoms with van der Waals surface area (Å²) >= 11 is 5.51. The van der Waals surface area contributed by atoms with Gasteiger partial charge in [0, 0.05) is 18.6 Å². The van der Waals surface area contributed by atoms with Crippen LogP contribution in [0.4, 0.5) is 13.2 Å². The van der Waals surface area contributed by atoms with E-state index in [0.717, 1.165) is 48.9 Å². The van der Waals surface area contributed by atoms with Gasteiger partial charge in [-0.05, 0) is 56.7 Å². The molecule has 4 nitrogen and oxygen atoms in total. The molecule has 1 aliphatic carbocycles. The van der Waals surface area contributed by atoms with Crippen LogP contribution in [-0.4, -0.2) is 36.7 Å². The van der Waals surface area contributed by atoms with Crippen molar-refractivity contribution in [1.29, 1.82) is 0 Å². The molecule has 1 aromatic rings. The minimum atomic E-state index is -4.24. The number of thiocarbonyl (C=S) groups is 1. The van der Waals surface area contributed by atoms with Crippen molar-refractivity contribution in [3.63, 3.8) is 0 Å². The highest BCUT2D eigenvalue weighted by molar-refractivity contribution is 7.82. The molecule has 0 radical (unpaired) electrons. The van der Waals surface area contributed by atoms with Crippen LogP contribution >= 0.6 is 12.2 Å². The molecule has 0 aromatic heterocycles. The molecule has 1 unspecified atom stereocenters. The molecule has 0 bridgehead atoms. The monoisotopic (exact) mass is 442 g/mol. The van der Waals surface area contributed by atoms with Crippen molar-refractivity contribution in [3.8, 4) is 5.75 Å². The van der Waals surface area contributed by atoms with Gasteiger partial charge in [-0.15, -0.1) is 0 Å². The zero-order valence-corrected chi connectivity index (χ0v) is 18.5. The van der Waals surface area contributed by atoms with E-state index in [1.807, 2.05) is 19.1 Å². The number of aryl methyl sites for hydroxylation is 1. The molecule has 8 heteroatoms. The highest BCUT2D eigenvalue weighted by Crippen LogP contribution is 2.45. The lowest BCUT2D eigenvalue weighted by atomic mass is 9.74. The smallest absolute Gasteiger partial charge is 0.392 e. The Hall–Kier alpha value is -1.67. The lowest BCUT2D eigenvalue weighted by molar-refractivity contribution is -0.139. The number of hydrogen-bond donors (Lipinski definition) is 1. The average molecular weight is 443 g/mol. The third kappa shape index (κ3) is 4.97. The van der Waals surface area contributed by atoms with Crippen LogP contribution in [0.25, 0.3) is 0 Å². The van der Waals surface area contributed by atoms with Gasteiger partial charge in [0.2, 0.25) is 0 Å². The molecule has 1 aromatic carbocycles. The molecule has 1 fully saturated rings. The van der Waals surface area contributed by atoms with Crippen molar-refractivity contribution in [2.75, 3.05) is 13.7 Å². The van der Waals surface area contributed by atoms with E-state index in [4.69, 9.17) is 26.7 Å². The van der Waals surface area contributed by atoms with Crippen LogP contribution in [0.1, 0.15) is 57.1 Å². The first-order valence-corrected chi connectivity index (χ1v) is 10.8. The number of ether oxygens (including phenoxy) is 2. The molecule has 2 aliphatic rings. The van der Waals surface area contributed by atoms with Crippen LogP contribution in [0, 0.1) is 5.92 Å². The zero-order chi connectivity index (χ0) is 21.9. The number of benzene rings is 1. The molecule has 1 aliphatic heterocycles. The number of nitrogens with zero attached hydrogens (tertiary/aromatic N) is 1. The topological polar surface area (TPSA) is 42.9 Å². The van der Waals surface area contributed by atoms with E-state index in [0.29, 0.717) is 10.7 Å². The van der Waals surface area contributed by atoms with Gasteiger partial charge in [0.15, 0.2) is 5.66 Å². The number of rotatable bonds is 7. The first kappa shape index (κ1) is 23.0. The SMILES string of the molecule is CCc1ccc(OCCC(F)(F)F)cc1C1(C2CCC(OC)CC2)N=C(C)C(=S)N1. The molecule has 1 N–H and O–H groups in total. The minimum Gasteiger partial charge on any atom is -0.493 e. The second kappa shape index (κ2) is 9.22. The predicted molar refractivity (Wildman–Crippen MR) is 115 cm³/mol. The molecule has 1 heterocycles. The maximum absolute atomic E-state index is 12.5. The fourth-order valence-corrected chi connectivity index (χ4v) is 4.66. The van der Waals surface area contributed by atoms with Crippen molar-refractivity contribution < 1.29 is 22.6 Å². The maximum atomic E-state index is 12.5. The summed E-state index contributed by atoms with van der Waals surface area (Å²) < 4.78 is 48.5. The molecular weight excluding hydrogens is 413 g/mol. The normalized spacial score (nSPS) is 27.0. The molecule has 0 saturated heterocycles. The number of hydrogen-bond acceptors (Lipinski definition) is 4. The van der Waals surface area contributed by atoms with Gasteiger partial charge < -0.3 is 14.8 Å². The summed E-state index contributed by atoms with van der Waals surface area (Å²) in [6.07, 6.45) is -0.474. The second-order valence-electron chi connectivity index (χ2n) is 8.01. The first-order chi connectivity index (χ1) is 14.2. The summed E-state index contributed by atoms with van der Waals surface area (Å²) in [5.41, 5.74) is 2.09. The van der Waals surface area contributed by atoms with Gasteiger partial charge in [-0.25, -0.2) is 0 Å². The van der Waals surface area contributed by atoms with Crippen molar-refractivity contribution >= 4 is 22.9 Å². The Morgan fingerprint density at radius 3 is 2.47 bits per heavy atom. The fourth-order valence-electron chi connectivity index (χ4n) is 4.46. The highest BCUT2D eigenvalue weighted by Gasteiger charge is 2.47. The molecule has 0 amide bonds. The van der Waals surface area contributed by atoms with Crippen molar-refractivity contribution in [2.45, 2.75) is 70.3 Å². The highest BCUT2D eigenvalue weighted by atomic mass is 32.1. The Bertz CT molecular complexity index is 804. The zero-order valence-electron chi connectivity index (χ0n) is 17.6. The summed E-state index contributed by atoms with van der Waals surface area (Å²) in [7, 11) is 1.74. The Morgan fingerprint density at radius 2 is 1.93 bits per heavy atom. The number of aliphatic imine (C=N–C) groups is 1. The molecule has 166 valence electrons. The number of alkyl halides is 3. The van der Waals surface area contributed by atoms with E-state index in [1.54, 1.807) is 13.2 Å². The summed E-state index contributed by atoms with van der Waals surface area (Å²) in [6.45, 7) is 3.55. The Labute approximate surface area is 181 Å². The van der Waals surface area contributed by atoms with Gasteiger partial charge in [0.1, 0.15) is 10.7 Å². The van der Waals surface area contributed by atoms with Gasteiger partial charge in [-0.2, -0.15) is 13.2 Å². The summed E-state index contributed by atoms with van der Waals surface area (Å²) in [6, 6.07) is 5.50. The Kier molecular flexibility index (Phi) is 7.07. The Balaban J connectivity index is 1.95. The van der Waals surface area contributed by atoms with E-state index >= 15 is 0 Å². The predicted octanol–water partition coefficient (Wildman–Crippen LogP) is 5.33. The third-order valence-electron chi connectivity index (χ3n) is 6.10. The van der Waals surface area contributed by atoms with Crippen LogP contribution in [-0.2, 0) is 16.8 Å². The van der Waals surface area contributed by atoms with Crippen LogP contribution in [0.15, 0.2) is 23.2 Å². The van der Waals surface area contributed by atoms with E-state index in [-0.39, 0.29) is 12.0 Å². The van der Waals surface area contributed by atoms with Crippen LogP contribution < -0.4 is 10.1 Å². The van der Waals surface area contributed by atoms with Crippen LogP contribution in [0.3, 0.4) is 0 Å². The fraction of sp³-hybridized carbons (Fsp3) is 0.636. The third-order valence-corrected chi connectivity index (χ3v) is 6.50. The van der Waals surface area contributed by atoms with E-state index in [2.05, 4.69) is 12.2 Å². The molecule has 1 saturated carbocycles. The van der Waals surface area contributed by atoms with Crippen LogP contribution in [0.2, 0.25) is 0 Å². The molecule has 1 atom stereocenters. The van der Waals surface area contributed by atoms with Crippen LogP contribution in [0.5, 0.6) is 5.75 Å². The maximum Gasteiger partial charge on any atom is 0.392 e. The van der Waals surface area contributed by atoms with Crippen molar-refractivity contribution in [3.05, 3.63) is 29.3 Å². The number of methoxy groups -OCH3 is 1. The molecular formula is C22H29F3N2O2S. The minimum absolute atomic E-state index is 0.204. The van der Waals surface area contributed by atoms with E-state index < -0.39 is 24.9 Å². The van der Waals surface area contributed by atoms with Gasteiger partial charge in [-0.3, -0.25) is 4.99 Å². The van der Waals surface area contributed by atoms with Gasteiger partial charge >= 0.3 is 6.18 Å². The second-order valence-corrected chi connectivity index (χ2v) is 8.42. The average Bonchev–Trinajstić information content (AvgIpc) is 3.02. The first-order valence-electron chi connectivity index (χ1n) is 10.4. The summed E-state index contributed by atoms with van der Waals surface area (Å²) in [5.74, 6) is 0.624. The quantitative estimate of drug-likeness (QED) is 0.580. The molecule has 0 spiro atoms. The largest absolute Gasteiger partial charge is 0.493 e. The van der Waals surface area contributed by atoms with Gasteiger partial charge in [-0.1, -0.05) is 25.2 Å². The summed E-state index contributed by atoms with van der Waals surface area (Å²) in [4.78, 5) is 5.62. The number of halogens is 3. The van der Waals surface area contributed by atoms with Gasteiger partial charge in [0.05, 0.1) is 24.8 Å². The van der Waals surface area contributed by atoms with Crippen molar-refractivity contribution in [1.82, 2.24) is 5.32 Å². The Morgan fingerprint density at radius 1 is 1.23 bits per heavy atom. The molecule has 3 rings (SSSR count). The standard InChI is InChI=1S/C22H29F3N2O2S/c1-4-15-5-8-18(29-12-11-21(23,24)25)13-19(15)22(26-14(2)20(30)27-22)16-6-9-17(28-3)10-7-16/h5,8,13,16-17H,4,6-7,9-12H2,1-3H3,(H,27,30). The lowest BCUT2D eigenvalue weighted by Gasteiger charge is -2.41.